The fourth-order valence-corrected chi connectivity index (χ4v) is 2.37. The maximum Gasteiger partial charge on any atom is 0.332 e. The molecule has 0 spiro atoms. The summed E-state index contributed by atoms with van der Waals surface area (Å²) in [6, 6.07) is 0.157. The Kier molecular flexibility index (Phi) is 4.89. The first kappa shape index (κ1) is 15.4. The summed E-state index contributed by atoms with van der Waals surface area (Å²) in [7, 11) is 0. The van der Waals surface area contributed by atoms with Gasteiger partial charge in [0.2, 0.25) is 11.8 Å². The summed E-state index contributed by atoms with van der Waals surface area (Å²) >= 11 is 0. The van der Waals surface area contributed by atoms with Crippen molar-refractivity contribution in [2.75, 3.05) is 23.8 Å². The number of nitrogens with zero attached hydrogens (tertiary/aromatic N) is 3. The number of aromatic nitrogens is 2. The first-order chi connectivity index (χ1) is 10.0. The van der Waals surface area contributed by atoms with Crippen LogP contribution in [-0.2, 0) is 4.74 Å². The van der Waals surface area contributed by atoms with Gasteiger partial charge in [-0.2, -0.15) is 4.98 Å². The zero-order valence-corrected chi connectivity index (χ0v) is 12.5. The number of aryl methyl sites for hydroxylation is 1. The van der Waals surface area contributed by atoms with Crippen molar-refractivity contribution in [3.05, 3.63) is 15.8 Å². The fraction of sp³-hybridized carbons (Fsp3) is 0.692. The van der Waals surface area contributed by atoms with Crippen molar-refractivity contribution >= 4 is 17.5 Å². The van der Waals surface area contributed by atoms with E-state index in [2.05, 4.69) is 20.6 Å². The molecular weight excluding hydrogens is 274 g/mol. The first-order valence-electron chi connectivity index (χ1n) is 7.20. The summed E-state index contributed by atoms with van der Waals surface area (Å²) in [4.78, 5) is 19.1. The van der Waals surface area contributed by atoms with Gasteiger partial charge in [0.1, 0.15) is 5.69 Å². The molecular formula is C13H21N5O3. The van der Waals surface area contributed by atoms with Gasteiger partial charge in [-0.1, -0.05) is 0 Å². The number of hydrogen-bond donors (Lipinski definition) is 2. The highest BCUT2D eigenvalue weighted by atomic mass is 16.6. The van der Waals surface area contributed by atoms with Crippen molar-refractivity contribution in [2.45, 2.75) is 45.8 Å². The Labute approximate surface area is 123 Å². The van der Waals surface area contributed by atoms with Crippen LogP contribution in [0, 0.1) is 17.0 Å². The number of ether oxygens (including phenoxy) is 1. The van der Waals surface area contributed by atoms with Crippen molar-refractivity contribution < 1.29 is 9.66 Å². The lowest BCUT2D eigenvalue weighted by atomic mass is 9.89. The Morgan fingerprint density at radius 1 is 1.38 bits per heavy atom. The Morgan fingerprint density at radius 3 is 2.67 bits per heavy atom. The van der Waals surface area contributed by atoms with Crippen LogP contribution in [0.3, 0.4) is 0 Å². The molecule has 21 heavy (non-hydrogen) atoms. The second-order valence-electron chi connectivity index (χ2n) is 5.01. The molecule has 1 aromatic heterocycles. The molecule has 8 nitrogen and oxygen atoms in total. The fourth-order valence-electron chi connectivity index (χ4n) is 2.37. The van der Waals surface area contributed by atoms with E-state index in [1.807, 2.05) is 13.8 Å². The van der Waals surface area contributed by atoms with E-state index in [9.17, 15) is 10.1 Å². The smallest absolute Gasteiger partial charge is 0.332 e. The Bertz CT molecular complexity index is 517. The average molecular weight is 295 g/mol. The van der Waals surface area contributed by atoms with Gasteiger partial charge in [0.05, 0.1) is 11.0 Å². The Morgan fingerprint density at radius 2 is 2.10 bits per heavy atom. The number of nitrogens with one attached hydrogen (secondary N) is 2. The molecule has 0 amide bonds. The zero-order chi connectivity index (χ0) is 15.4. The van der Waals surface area contributed by atoms with Gasteiger partial charge in [-0.3, -0.25) is 10.1 Å². The molecule has 0 aliphatic heterocycles. The van der Waals surface area contributed by atoms with Crippen LogP contribution >= 0.6 is 0 Å². The average Bonchev–Trinajstić information content (AvgIpc) is 2.35. The van der Waals surface area contributed by atoms with Gasteiger partial charge in [0.25, 0.3) is 0 Å². The van der Waals surface area contributed by atoms with Crippen molar-refractivity contribution in [3.63, 3.8) is 0 Å². The number of anilines is 2. The van der Waals surface area contributed by atoms with Gasteiger partial charge in [-0.05, 0) is 33.6 Å². The van der Waals surface area contributed by atoms with E-state index < -0.39 is 4.92 Å². The number of hydrogen-bond acceptors (Lipinski definition) is 7. The van der Waals surface area contributed by atoms with Gasteiger partial charge >= 0.3 is 5.69 Å². The van der Waals surface area contributed by atoms with Crippen LogP contribution in [0.2, 0.25) is 0 Å². The maximum atomic E-state index is 11.2. The van der Waals surface area contributed by atoms with Crippen LogP contribution in [-0.4, -0.2) is 40.2 Å². The predicted molar refractivity (Wildman–Crippen MR) is 79.6 cm³/mol. The molecule has 0 aromatic carbocycles. The molecule has 116 valence electrons. The van der Waals surface area contributed by atoms with Crippen LogP contribution in [0.4, 0.5) is 17.5 Å². The van der Waals surface area contributed by atoms with E-state index >= 15 is 0 Å². The third-order valence-corrected chi connectivity index (χ3v) is 3.41. The van der Waals surface area contributed by atoms with Crippen LogP contribution in [0.1, 0.15) is 32.4 Å². The third-order valence-electron chi connectivity index (χ3n) is 3.41. The molecule has 2 N–H and O–H groups in total. The van der Waals surface area contributed by atoms with E-state index in [1.54, 1.807) is 6.92 Å². The SMILES string of the molecule is CCNc1nc(C)c([N+](=O)[O-])c(NC2CC(OCC)C2)n1. The zero-order valence-electron chi connectivity index (χ0n) is 12.5. The molecule has 0 saturated heterocycles. The van der Waals surface area contributed by atoms with Gasteiger partial charge in [0, 0.05) is 19.2 Å². The lowest BCUT2D eigenvalue weighted by Gasteiger charge is -2.35. The third kappa shape index (κ3) is 3.57. The second-order valence-corrected chi connectivity index (χ2v) is 5.01. The normalized spacial score (nSPS) is 20.7. The van der Waals surface area contributed by atoms with Crippen LogP contribution in [0.25, 0.3) is 0 Å². The summed E-state index contributed by atoms with van der Waals surface area (Å²) in [5.74, 6) is 0.687. The van der Waals surface area contributed by atoms with Crippen LogP contribution in [0.15, 0.2) is 0 Å². The molecule has 1 heterocycles. The second kappa shape index (κ2) is 6.66. The summed E-state index contributed by atoms with van der Waals surface area (Å²) in [5.41, 5.74) is 0.297. The minimum atomic E-state index is -0.438. The lowest BCUT2D eigenvalue weighted by molar-refractivity contribution is -0.385. The highest BCUT2D eigenvalue weighted by Crippen LogP contribution is 2.32. The molecule has 8 heteroatoms. The predicted octanol–water partition coefficient (Wildman–Crippen LogP) is 2.10. The molecule has 1 aliphatic carbocycles. The largest absolute Gasteiger partial charge is 0.378 e. The molecule has 0 atom stereocenters. The van der Waals surface area contributed by atoms with Crippen molar-refractivity contribution in [1.29, 1.82) is 0 Å². The minimum absolute atomic E-state index is 0.0588. The molecule has 1 saturated carbocycles. The highest BCUT2D eigenvalue weighted by Gasteiger charge is 2.32. The van der Waals surface area contributed by atoms with E-state index in [4.69, 9.17) is 4.74 Å². The van der Waals surface area contributed by atoms with Crippen molar-refractivity contribution in [2.24, 2.45) is 0 Å². The lowest BCUT2D eigenvalue weighted by Crippen LogP contribution is -2.41. The minimum Gasteiger partial charge on any atom is -0.378 e. The standard InChI is InChI=1S/C13H21N5O3/c1-4-14-13-15-8(3)11(18(19)20)12(17-13)16-9-6-10(7-9)21-5-2/h9-10H,4-7H2,1-3H3,(H2,14,15,16,17). The molecule has 2 rings (SSSR count). The van der Waals surface area contributed by atoms with Crippen LogP contribution < -0.4 is 10.6 Å². The number of rotatable bonds is 7. The molecule has 1 aromatic rings. The Hall–Kier alpha value is -1.96. The summed E-state index contributed by atoms with van der Waals surface area (Å²) < 4.78 is 5.49. The summed E-state index contributed by atoms with van der Waals surface area (Å²) in [6.07, 6.45) is 1.91. The Balaban J connectivity index is 2.14. The van der Waals surface area contributed by atoms with E-state index in [-0.39, 0.29) is 23.7 Å². The van der Waals surface area contributed by atoms with Crippen molar-refractivity contribution in [1.82, 2.24) is 9.97 Å². The van der Waals surface area contributed by atoms with Crippen LogP contribution in [0.5, 0.6) is 0 Å². The quantitative estimate of drug-likeness (QED) is 0.586. The summed E-state index contributed by atoms with van der Waals surface area (Å²) in [5, 5.41) is 17.3. The molecule has 1 aliphatic rings. The van der Waals surface area contributed by atoms with Gasteiger partial charge in [-0.25, -0.2) is 4.98 Å². The van der Waals surface area contributed by atoms with E-state index in [1.165, 1.54) is 0 Å². The number of nitro groups is 1. The highest BCUT2D eigenvalue weighted by molar-refractivity contribution is 5.61. The van der Waals surface area contributed by atoms with E-state index in [0.717, 1.165) is 12.8 Å². The van der Waals surface area contributed by atoms with Crippen molar-refractivity contribution in [3.8, 4) is 0 Å². The summed E-state index contributed by atoms with van der Waals surface area (Å²) in [6.45, 7) is 6.85. The molecule has 0 bridgehead atoms. The molecule has 0 unspecified atom stereocenters. The van der Waals surface area contributed by atoms with Gasteiger partial charge in [0.15, 0.2) is 0 Å². The van der Waals surface area contributed by atoms with Gasteiger partial charge < -0.3 is 15.4 Å². The molecule has 1 fully saturated rings. The maximum absolute atomic E-state index is 11.2. The first-order valence-corrected chi connectivity index (χ1v) is 7.20. The monoisotopic (exact) mass is 295 g/mol. The molecule has 0 radical (unpaired) electrons. The topological polar surface area (TPSA) is 102 Å². The van der Waals surface area contributed by atoms with E-state index in [0.29, 0.717) is 24.8 Å². The van der Waals surface area contributed by atoms with Gasteiger partial charge in [-0.15, -0.1) is 0 Å².